The largest absolute Gasteiger partial charge is 0.371 e. The molecule has 3 heteroatoms. The van der Waals surface area contributed by atoms with Crippen LogP contribution < -0.4 is 0 Å². The summed E-state index contributed by atoms with van der Waals surface area (Å²) >= 11 is 0. The number of ketones is 2. The number of rotatable bonds is 5. The van der Waals surface area contributed by atoms with Crippen molar-refractivity contribution in [3.8, 4) is 0 Å². The summed E-state index contributed by atoms with van der Waals surface area (Å²) in [5.74, 6) is -0.180. The lowest BCUT2D eigenvalue weighted by atomic mass is 10.1. The van der Waals surface area contributed by atoms with E-state index < -0.39 is 0 Å². The van der Waals surface area contributed by atoms with Crippen molar-refractivity contribution in [1.82, 2.24) is 4.90 Å². The van der Waals surface area contributed by atoms with E-state index in [1.807, 2.05) is 11.9 Å². The molecule has 0 heterocycles. The van der Waals surface area contributed by atoms with E-state index in [1.54, 1.807) is 0 Å². The molecule has 0 aromatic heterocycles. The zero-order chi connectivity index (χ0) is 11.3. The van der Waals surface area contributed by atoms with Gasteiger partial charge in [-0.15, -0.1) is 0 Å². The fraction of sp³-hybridized carbons (Fsp3) is 0.500. The number of hydrogen-bond acceptors (Lipinski definition) is 3. The second-order valence-electron chi connectivity index (χ2n) is 3.76. The predicted molar refractivity (Wildman–Crippen MR) is 59.4 cm³/mol. The van der Waals surface area contributed by atoms with Crippen molar-refractivity contribution in [3.05, 3.63) is 23.9 Å². The summed E-state index contributed by atoms with van der Waals surface area (Å²) in [4.78, 5) is 24.4. The number of allylic oxidation sites excluding steroid dienone is 3. The van der Waals surface area contributed by atoms with Crippen LogP contribution in [0.4, 0.5) is 0 Å². The molecule has 0 amide bonds. The maximum absolute atomic E-state index is 11.5. The van der Waals surface area contributed by atoms with Gasteiger partial charge in [-0.2, -0.15) is 0 Å². The van der Waals surface area contributed by atoms with Crippen LogP contribution >= 0.6 is 0 Å². The molecule has 3 nitrogen and oxygen atoms in total. The summed E-state index contributed by atoms with van der Waals surface area (Å²) in [6.45, 7) is 2.96. The van der Waals surface area contributed by atoms with E-state index >= 15 is 0 Å². The van der Waals surface area contributed by atoms with Crippen LogP contribution in [0.25, 0.3) is 0 Å². The van der Waals surface area contributed by atoms with Gasteiger partial charge in [0.05, 0.1) is 5.70 Å². The number of carbonyl (C=O) groups is 2. The summed E-state index contributed by atoms with van der Waals surface area (Å²) in [6, 6.07) is 0. The molecule has 0 N–H and O–H groups in total. The van der Waals surface area contributed by atoms with Gasteiger partial charge < -0.3 is 4.90 Å². The number of unbranched alkanes of at least 4 members (excludes halogenated alkanes) is 2. The average Bonchev–Trinajstić information content (AvgIpc) is 2.22. The van der Waals surface area contributed by atoms with E-state index in [0.29, 0.717) is 5.70 Å². The number of nitrogens with zero attached hydrogens (tertiary/aromatic N) is 1. The van der Waals surface area contributed by atoms with Crippen molar-refractivity contribution >= 4 is 11.6 Å². The highest BCUT2D eigenvalue weighted by Gasteiger charge is 2.16. The molecule has 0 saturated carbocycles. The first-order chi connectivity index (χ1) is 7.15. The zero-order valence-electron chi connectivity index (χ0n) is 9.32. The van der Waals surface area contributed by atoms with Crippen LogP contribution in [0.15, 0.2) is 23.9 Å². The Hall–Kier alpha value is -1.38. The van der Waals surface area contributed by atoms with Crippen LogP contribution in [0, 0.1) is 0 Å². The number of carbonyl (C=O) groups excluding carboxylic acids is 2. The average molecular weight is 207 g/mol. The van der Waals surface area contributed by atoms with Crippen LogP contribution in [-0.2, 0) is 9.59 Å². The first-order valence-corrected chi connectivity index (χ1v) is 5.34. The second kappa shape index (κ2) is 5.49. The standard InChI is InChI=1S/C12H17NO2/c1-3-4-5-8-13(2)11-9-10(14)6-7-12(11)15/h6-7,9H,3-5,8H2,1-2H3. The Morgan fingerprint density at radius 2 is 1.93 bits per heavy atom. The van der Waals surface area contributed by atoms with Gasteiger partial charge in [-0.3, -0.25) is 9.59 Å². The minimum atomic E-state index is -0.105. The fourth-order valence-electron chi connectivity index (χ4n) is 1.51. The van der Waals surface area contributed by atoms with Gasteiger partial charge in [-0.1, -0.05) is 19.8 Å². The molecule has 1 aliphatic carbocycles. The Morgan fingerprint density at radius 3 is 2.60 bits per heavy atom. The molecule has 0 fully saturated rings. The van der Waals surface area contributed by atoms with E-state index in [0.717, 1.165) is 25.8 Å². The topological polar surface area (TPSA) is 37.4 Å². The molecule has 0 aromatic carbocycles. The molecule has 0 bridgehead atoms. The third kappa shape index (κ3) is 3.35. The van der Waals surface area contributed by atoms with Gasteiger partial charge in [0.25, 0.3) is 0 Å². The Kier molecular flexibility index (Phi) is 4.28. The summed E-state index contributed by atoms with van der Waals surface area (Å²) in [5, 5.41) is 0. The third-order valence-corrected chi connectivity index (χ3v) is 2.44. The number of likely N-dealkylation sites (N-methyl/N-ethyl adjacent to an activating group) is 1. The van der Waals surface area contributed by atoms with Gasteiger partial charge >= 0.3 is 0 Å². The molecular formula is C12H17NO2. The molecular weight excluding hydrogens is 190 g/mol. The molecule has 82 valence electrons. The van der Waals surface area contributed by atoms with Gasteiger partial charge in [0.15, 0.2) is 5.78 Å². The first-order valence-electron chi connectivity index (χ1n) is 5.34. The molecule has 0 atom stereocenters. The van der Waals surface area contributed by atoms with Crippen molar-refractivity contribution in [3.63, 3.8) is 0 Å². The second-order valence-corrected chi connectivity index (χ2v) is 3.76. The molecule has 1 aliphatic rings. The molecule has 0 aromatic rings. The number of hydrogen-bond donors (Lipinski definition) is 0. The highest BCUT2D eigenvalue weighted by atomic mass is 16.1. The summed E-state index contributed by atoms with van der Waals surface area (Å²) in [7, 11) is 1.85. The Labute approximate surface area is 90.5 Å². The van der Waals surface area contributed by atoms with E-state index in [1.165, 1.54) is 18.2 Å². The van der Waals surface area contributed by atoms with Crippen molar-refractivity contribution in [2.45, 2.75) is 26.2 Å². The van der Waals surface area contributed by atoms with Crippen molar-refractivity contribution in [2.75, 3.05) is 13.6 Å². The highest BCUT2D eigenvalue weighted by Crippen LogP contribution is 2.10. The van der Waals surface area contributed by atoms with E-state index in [2.05, 4.69) is 6.92 Å². The third-order valence-electron chi connectivity index (χ3n) is 2.44. The van der Waals surface area contributed by atoms with E-state index in [4.69, 9.17) is 0 Å². The van der Waals surface area contributed by atoms with Gasteiger partial charge in [0.2, 0.25) is 5.78 Å². The molecule has 0 spiro atoms. The smallest absolute Gasteiger partial charge is 0.202 e. The van der Waals surface area contributed by atoms with Crippen LogP contribution in [0.1, 0.15) is 26.2 Å². The van der Waals surface area contributed by atoms with Crippen LogP contribution in [0.2, 0.25) is 0 Å². The maximum atomic E-state index is 11.5. The lowest BCUT2D eigenvalue weighted by Crippen LogP contribution is -2.26. The lowest BCUT2D eigenvalue weighted by molar-refractivity contribution is -0.115. The maximum Gasteiger partial charge on any atom is 0.202 e. The van der Waals surface area contributed by atoms with Crippen molar-refractivity contribution in [2.24, 2.45) is 0 Å². The minimum absolute atomic E-state index is 0.0754. The molecule has 1 rings (SSSR count). The normalized spacial score (nSPS) is 15.5. The Bertz CT molecular complexity index is 316. The molecule has 0 aliphatic heterocycles. The molecule has 0 saturated heterocycles. The van der Waals surface area contributed by atoms with E-state index in [-0.39, 0.29) is 11.6 Å². The van der Waals surface area contributed by atoms with Gasteiger partial charge in [0, 0.05) is 19.7 Å². The van der Waals surface area contributed by atoms with Gasteiger partial charge in [-0.05, 0) is 18.6 Å². The minimum Gasteiger partial charge on any atom is -0.371 e. The van der Waals surface area contributed by atoms with Crippen LogP contribution in [0.5, 0.6) is 0 Å². The Balaban J connectivity index is 2.54. The monoisotopic (exact) mass is 207 g/mol. The lowest BCUT2D eigenvalue weighted by Gasteiger charge is -2.21. The van der Waals surface area contributed by atoms with Crippen LogP contribution in [0.3, 0.4) is 0 Å². The highest BCUT2D eigenvalue weighted by molar-refractivity contribution is 6.16. The van der Waals surface area contributed by atoms with Gasteiger partial charge in [0.1, 0.15) is 0 Å². The fourth-order valence-corrected chi connectivity index (χ4v) is 1.51. The first kappa shape index (κ1) is 11.7. The Morgan fingerprint density at radius 1 is 1.20 bits per heavy atom. The zero-order valence-corrected chi connectivity index (χ0v) is 9.32. The molecule has 0 radical (unpaired) electrons. The molecule has 15 heavy (non-hydrogen) atoms. The van der Waals surface area contributed by atoms with Gasteiger partial charge in [-0.25, -0.2) is 0 Å². The van der Waals surface area contributed by atoms with E-state index in [9.17, 15) is 9.59 Å². The van der Waals surface area contributed by atoms with Crippen molar-refractivity contribution < 1.29 is 9.59 Å². The van der Waals surface area contributed by atoms with Crippen LogP contribution in [-0.4, -0.2) is 30.1 Å². The summed E-state index contributed by atoms with van der Waals surface area (Å²) < 4.78 is 0. The summed E-state index contributed by atoms with van der Waals surface area (Å²) in [6.07, 6.45) is 7.42. The predicted octanol–water partition coefficient (Wildman–Crippen LogP) is 1.70. The quantitative estimate of drug-likeness (QED) is 0.508. The molecule has 0 unspecified atom stereocenters. The SMILES string of the molecule is CCCCCN(C)C1=CC(=O)C=CC1=O. The van der Waals surface area contributed by atoms with Crippen molar-refractivity contribution in [1.29, 1.82) is 0 Å². The summed E-state index contributed by atoms with van der Waals surface area (Å²) in [5.41, 5.74) is 0.513.